The van der Waals surface area contributed by atoms with Crippen molar-refractivity contribution in [1.29, 1.82) is 0 Å². The first-order chi connectivity index (χ1) is 8.35. The molecule has 1 aromatic rings. The van der Waals surface area contributed by atoms with Gasteiger partial charge >= 0.3 is 0 Å². The minimum absolute atomic E-state index is 0.129. The van der Waals surface area contributed by atoms with Gasteiger partial charge in [0.05, 0.1) is 23.0 Å². The highest BCUT2D eigenvalue weighted by molar-refractivity contribution is 5.99. The van der Waals surface area contributed by atoms with Gasteiger partial charge in [-0.05, 0) is 26.8 Å². The number of hydrogen-bond donors (Lipinski definition) is 2. The summed E-state index contributed by atoms with van der Waals surface area (Å²) in [6, 6.07) is 1.68. The maximum atomic E-state index is 12.3. The first kappa shape index (κ1) is 14.4. The van der Waals surface area contributed by atoms with Gasteiger partial charge in [-0.3, -0.25) is 9.78 Å². The molecule has 0 aromatic carbocycles. The summed E-state index contributed by atoms with van der Waals surface area (Å²) in [7, 11) is 1.68. The number of amides is 1. The molecule has 0 bridgehead atoms. The van der Waals surface area contributed by atoms with Crippen molar-refractivity contribution in [2.75, 3.05) is 25.5 Å². The van der Waals surface area contributed by atoms with E-state index in [1.165, 1.54) is 4.90 Å². The summed E-state index contributed by atoms with van der Waals surface area (Å²) < 4.78 is 0. The minimum Gasteiger partial charge on any atom is -0.389 e. The Bertz CT molecular complexity index is 413. The Hall–Kier alpha value is -1.62. The molecule has 5 heteroatoms. The van der Waals surface area contributed by atoms with Crippen LogP contribution in [0.25, 0.3) is 0 Å². The van der Waals surface area contributed by atoms with Gasteiger partial charge in [0.25, 0.3) is 5.91 Å². The molecule has 0 aliphatic carbocycles. The number of aromatic nitrogens is 1. The van der Waals surface area contributed by atoms with Gasteiger partial charge in [0.2, 0.25) is 0 Å². The van der Waals surface area contributed by atoms with E-state index in [9.17, 15) is 9.90 Å². The molecule has 1 heterocycles. The summed E-state index contributed by atoms with van der Waals surface area (Å²) in [4.78, 5) is 17.8. The third-order valence-corrected chi connectivity index (χ3v) is 2.39. The Labute approximate surface area is 108 Å². The Morgan fingerprint density at radius 3 is 2.78 bits per heavy atom. The summed E-state index contributed by atoms with van der Waals surface area (Å²) in [5, 5.41) is 12.8. The van der Waals surface area contributed by atoms with Gasteiger partial charge in [-0.2, -0.15) is 0 Å². The zero-order chi connectivity index (χ0) is 13.8. The topological polar surface area (TPSA) is 65.5 Å². The van der Waals surface area contributed by atoms with Crippen LogP contribution in [0.15, 0.2) is 18.5 Å². The molecule has 0 saturated heterocycles. The van der Waals surface area contributed by atoms with Crippen LogP contribution in [0.1, 0.15) is 31.1 Å². The quantitative estimate of drug-likeness (QED) is 0.829. The van der Waals surface area contributed by atoms with Crippen molar-refractivity contribution in [3.63, 3.8) is 0 Å². The van der Waals surface area contributed by atoms with Crippen LogP contribution in [-0.2, 0) is 0 Å². The highest BCUT2D eigenvalue weighted by atomic mass is 16.3. The Morgan fingerprint density at radius 2 is 2.22 bits per heavy atom. The van der Waals surface area contributed by atoms with Crippen LogP contribution in [-0.4, -0.2) is 46.6 Å². The smallest absolute Gasteiger partial charge is 0.255 e. The monoisotopic (exact) mass is 251 g/mol. The number of nitrogens with one attached hydrogen (secondary N) is 1. The van der Waals surface area contributed by atoms with Crippen LogP contribution in [0.3, 0.4) is 0 Å². The molecule has 1 amide bonds. The number of rotatable bonds is 5. The summed E-state index contributed by atoms with van der Waals surface area (Å²) >= 11 is 0. The van der Waals surface area contributed by atoms with Crippen LogP contribution in [0.2, 0.25) is 0 Å². The zero-order valence-corrected chi connectivity index (χ0v) is 11.4. The number of carbonyl (C=O) groups is 1. The number of anilines is 1. The molecule has 100 valence electrons. The Balaban J connectivity index is 2.89. The summed E-state index contributed by atoms with van der Waals surface area (Å²) in [6.45, 7) is 6.31. The van der Waals surface area contributed by atoms with Crippen LogP contribution in [0.4, 0.5) is 5.69 Å². The molecule has 0 atom stereocenters. The van der Waals surface area contributed by atoms with Crippen molar-refractivity contribution in [2.24, 2.45) is 0 Å². The second-order valence-electron chi connectivity index (χ2n) is 4.93. The minimum atomic E-state index is -0.907. The van der Waals surface area contributed by atoms with E-state index in [4.69, 9.17) is 0 Å². The largest absolute Gasteiger partial charge is 0.389 e. The van der Waals surface area contributed by atoms with Crippen LogP contribution < -0.4 is 5.32 Å². The van der Waals surface area contributed by atoms with E-state index in [1.807, 2.05) is 6.92 Å². The second-order valence-corrected chi connectivity index (χ2v) is 4.93. The Morgan fingerprint density at radius 1 is 1.56 bits per heavy atom. The molecule has 0 aliphatic heterocycles. The van der Waals surface area contributed by atoms with Crippen LogP contribution in [0.5, 0.6) is 0 Å². The fraction of sp³-hybridized carbons (Fsp3) is 0.538. The van der Waals surface area contributed by atoms with Crippen LogP contribution in [0, 0.1) is 0 Å². The third kappa shape index (κ3) is 4.00. The Kier molecular flexibility index (Phi) is 4.67. The van der Waals surface area contributed by atoms with Crippen molar-refractivity contribution in [3.05, 3.63) is 24.0 Å². The highest BCUT2D eigenvalue weighted by Gasteiger charge is 2.21. The van der Waals surface area contributed by atoms with Gasteiger partial charge in [-0.1, -0.05) is 0 Å². The molecule has 0 aliphatic rings. The van der Waals surface area contributed by atoms with E-state index in [2.05, 4.69) is 10.3 Å². The van der Waals surface area contributed by atoms with E-state index in [0.29, 0.717) is 11.3 Å². The molecular weight excluding hydrogens is 230 g/mol. The number of nitrogens with zero attached hydrogens (tertiary/aromatic N) is 2. The molecule has 18 heavy (non-hydrogen) atoms. The van der Waals surface area contributed by atoms with Crippen molar-refractivity contribution < 1.29 is 9.90 Å². The molecule has 1 aromatic heterocycles. The number of pyridine rings is 1. The van der Waals surface area contributed by atoms with Gasteiger partial charge < -0.3 is 15.3 Å². The molecule has 1 rings (SSSR count). The van der Waals surface area contributed by atoms with Gasteiger partial charge in [0.1, 0.15) is 0 Å². The maximum absolute atomic E-state index is 12.3. The van der Waals surface area contributed by atoms with E-state index in [1.54, 1.807) is 39.4 Å². The van der Waals surface area contributed by atoms with Crippen molar-refractivity contribution in [3.8, 4) is 0 Å². The van der Waals surface area contributed by atoms with Gasteiger partial charge in [-0.15, -0.1) is 0 Å². The van der Waals surface area contributed by atoms with Gasteiger partial charge in [0, 0.05) is 26.3 Å². The maximum Gasteiger partial charge on any atom is 0.255 e. The average molecular weight is 251 g/mol. The lowest BCUT2D eigenvalue weighted by atomic mass is 10.1. The second kappa shape index (κ2) is 5.82. The average Bonchev–Trinajstić information content (AvgIpc) is 2.27. The summed E-state index contributed by atoms with van der Waals surface area (Å²) in [5.41, 5.74) is 0.377. The standard InChI is InChI=1S/C13H21N3O2/c1-5-15-11-8-14-7-6-10(11)12(17)16(4)9-13(2,3)18/h6-8,15,18H,5,9H2,1-4H3. The lowest BCUT2D eigenvalue weighted by Crippen LogP contribution is -2.39. The summed E-state index contributed by atoms with van der Waals surface area (Å²) in [6.07, 6.45) is 3.22. The molecule has 0 fully saturated rings. The highest BCUT2D eigenvalue weighted by Crippen LogP contribution is 2.16. The number of likely N-dealkylation sites (N-methyl/N-ethyl adjacent to an activating group) is 1. The van der Waals surface area contributed by atoms with Gasteiger partial charge in [0.15, 0.2) is 0 Å². The lowest BCUT2D eigenvalue weighted by molar-refractivity contribution is 0.0368. The molecule has 2 N–H and O–H groups in total. The molecular formula is C13H21N3O2. The SMILES string of the molecule is CCNc1cnccc1C(=O)N(C)CC(C)(C)O. The number of carbonyl (C=O) groups excluding carboxylic acids is 1. The lowest BCUT2D eigenvalue weighted by Gasteiger charge is -2.26. The molecule has 0 spiro atoms. The molecule has 0 saturated carbocycles. The van der Waals surface area contributed by atoms with Gasteiger partial charge in [-0.25, -0.2) is 0 Å². The third-order valence-electron chi connectivity index (χ3n) is 2.39. The normalized spacial score (nSPS) is 11.2. The van der Waals surface area contributed by atoms with Crippen molar-refractivity contribution >= 4 is 11.6 Å². The fourth-order valence-corrected chi connectivity index (χ4v) is 1.77. The first-order valence-electron chi connectivity index (χ1n) is 6.01. The number of hydrogen-bond acceptors (Lipinski definition) is 4. The fourth-order valence-electron chi connectivity index (χ4n) is 1.77. The van der Waals surface area contributed by atoms with E-state index in [-0.39, 0.29) is 12.5 Å². The molecule has 5 nitrogen and oxygen atoms in total. The zero-order valence-electron chi connectivity index (χ0n) is 11.4. The van der Waals surface area contributed by atoms with E-state index >= 15 is 0 Å². The van der Waals surface area contributed by atoms with Crippen molar-refractivity contribution in [1.82, 2.24) is 9.88 Å². The van der Waals surface area contributed by atoms with E-state index < -0.39 is 5.60 Å². The van der Waals surface area contributed by atoms with Crippen LogP contribution >= 0.6 is 0 Å². The predicted octanol–water partition coefficient (Wildman–Crippen LogP) is 1.36. The summed E-state index contributed by atoms with van der Waals surface area (Å²) in [5.74, 6) is -0.129. The molecule has 0 radical (unpaired) electrons. The molecule has 0 unspecified atom stereocenters. The van der Waals surface area contributed by atoms with E-state index in [0.717, 1.165) is 6.54 Å². The first-order valence-corrected chi connectivity index (χ1v) is 6.01. The van der Waals surface area contributed by atoms with Crippen molar-refractivity contribution in [2.45, 2.75) is 26.4 Å². The number of aliphatic hydroxyl groups is 1. The predicted molar refractivity (Wildman–Crippen MR) is 71.7 cm³/mol.